The van der Waals surface area contributed by atoms with E-state index in [-0.39, 0.29) is 17.1 Å². The van der Waals surface area contributed by atoms with E-state index in [0.717, 1.165) is 0 Å². The quantitative estimate of drug-likeness (QED) is 0.155. The van der Waals surface area contributed by atoms with E-state index in [0.29, 0.717) is 45.2 Å². The first-order valence-corrected chi connectivity index (χ1v) is 11.8. The van der Waals surface area contributed by atoms with Crippen LogP contribution in [0.1, 0.15) is 22.8 Å². The molecule has 3 aromatic carbocycles. The van der Waals surface area contributed by atoms with Crippen LogP contribution in [-0.2, 0) is 0 Å². The van der Waals surface area contributed by atoms with Gasteiger partial charge in [0.25, 0.3) is 5.56 Å². The number of aromatic nitrogens is 2. The van der Waals surface area contributed by atoms with Gasteiger partial charge in [-0.3, -0.25) is 4.79 Å². The molecule has 9 heteroatoms. The molecule has 0 saturated heterocycles. The summed E-state index contributed by atoms with van der Waals surface area (Å²) in [6, 6.07) is 21.8. The molecule has 8 nitrogen and oxygen atoms in total. The van der Waals surface area contributed by atoms with Gasteiger partial charge in [0, 0.05) is 5.02 Å². The van der Waals surface area contributed by atoms with Gasteiger partial charge >= 0.3 is 5.97 Å². The van der Waals surface area contributed by atoms with E-state index in [4.69, 9.17) is 25.5 Å². The number of nitrogens with zero attached hydrogens (tertiary/aromatic N) is 3. The van der Waals surface area contributed by atoms with Crippen molar-refractivity contribution in [2.45, 2.75) is 6.92 Å². The third kappa shape index (κ3) is 5.14. The van der Waals surface area contributed by atoms with Crippen molar-refractivity contribution in [3.05, 3.63) is 112 Å². The predicted molar refractivity (Wildman–Crippen MR) is 141 cm³/mol. The number of ether oxygens (including phenoxy) is 2. The van der Waals surface area contributed by atoms with Crippen LogP contribution in [0.2, 0.25) is 5.02 Å². The molecular weight excluding hydrogens is 494 g/mol. The van der Waals surface area contributed by atoms with Crippen molar-refractivity contribution < 1.29 is 18.7 Å². The van der Waals surface area contributed by atoms with Gasteiger partial charge in [0.1, 0.15) is 0 Å². The number of para-hydroxylation sites is 1. The van der Waals surface area contributed by atoms with Gasteiger partial charge in [0.15, 0.2) is 17.3 Å². The third-order valence-electron chi connectivity index (χ3n) is 5.37. The Balaban J connectivity index is 1.49. The summed E-state index contributed by atoms with van der Waals surface area (Å²) < 4.78 is 17.9. The molecule has 0 spiro atoms. The standard InChI is InChI=1S/C28H20ClN3O5/c1-2-35-25-16-18(9-14-23(25)37-28(34)19-10-12-20(29)13-11-19)17-30-32-26(24-8-5-15-36-24)31-22-7-4-3-6-21(22)27(32)33/h3-17H,2H2,1H3/b30-17+. The lowest BCUT2D eigenvalue weighted by molar-refractivity contribution is 0.0728. The maximum absolute atomic E-state index is 13.2. The first kappa shape index (κ1) is 24.0. The summed E-state index contributed by atoms with van der Waals surface area (Å²) in [6.45, 7) is 2.17. The first-order valence-electron chi connectivity index (χ1n) is 11.4. The molecule has 5 aromatic rings. The summed E-state index contributed by atoms with van der Waals surface area (Å²) in [4.78, 5) is 30.4. The molecule has 2 aromatic heterocycles. The van der Waals surface area contributed by atoms with Gasteiger partial charge < -0.3 is 13.9 Å². The SMILES string of the molecule is CCOc1cc(/C=N/n2c(-c3ccco3)nc3ccccc3c2=O)ccc1OC(=O)c1ccc(Cl)cc1. The highest BCUT2D eigenvalue weighted by Gasteiger charge is 2.15. The average molecular weight is 514 g/mol. The highest BCUT2D eigenvalue weighted by Crippen LogP contribution is 2.29. The maximum Gasteiger partial charge on any atom is 0.343 e. The van der Waals surface area contributed by atoms with E-state index in [1.165, 1.54) is 17.2 Å². The molecule has 0 saturated carbocycles. The maximum atomic E-state index is 13.2. The summed E-state index contributed by atoms with van der Waals surface area (Å²) in [5, 5.41) is 5.36. The largest absolute Gasteiger partial charge is 0.490 e. The van der Waals surface area contributed by atoms with Gasteiger partial charge in [-0.25, -0.2) is 9.78 Å². The lowest BCUT2D eigenvalue weighted by Crippen LogP contribution is -2.20. The monoisotopic (exact) mass is 513 g/mol. The van der Waals surface area contributed by atoms with Crippen molar-refractivity contribution in [3.8, 4) is 23.1 Å². The fourth-order valence-electron chi connectivity index (χ4n) is 3.62. The molecule has 0 bridgehead atoms. The number of halogens is 1. The number of hydrogen-bond donors (Lipinski definition) is 0. The van der Waals surface area contributed by atoms with Crippen molar-refractivity contribution >= 4 is 34.7 Å². The van der Waals surface area contributed by atoms with Crippen molar-refractivity contribution in [2.24, 2.45) is 5.10 Å². The van der Waals surface area contributed by atoms with E-state index in [1.807, 2.05) is 13.0 Å². The number of carbonyl (C=O) groups excluding carboxylic acids is 1. The molecule has 0 radical (unpaired) electrons. The Bertz CT molecular complexity index is 1660. The minimum Gasteiger partial charge on any atom is -0.490 e. The Morgan fingerprint density at radius 3 is 2.62 bits per heavy atom. The number of esters is 1. The molecule has 2 heterocycles. The second-order valence-corrected chi connectivity index (χ2v) is 8.26. The molecule has 0 amide bonds. The summed E-state index contributed by atoms with van der Waals surface area (Å²) in [5.74, 6) is 0.725. The summed E-state index contributed by atoms with van der Waals surface area (Å²) in [7, 11) is 0. The molecular formula is C28H20ClN3O5. The lowest BCUT2D eigenvalue weighted by atomic mass is 10.2. The third-order valence-corrected chi connectivity index (χ3v) is 5.62. The molecule has 37 heavy (non-hydrogen) atoms. The van der Waals surface area contributed by atoms with Crippen LogP contribution >= 0.6 is 11.6 Å². The van der Waals surface area contributed by atoms with Crippen LogP contribution in [0.4, 0.5) is 0 Å². The number of furan rings is 1. The van der Waals surface area contributed by atoms with Crippen molar-refractivity contribution in [1.29, 1.82) is 0 Å². The minimum atomic E-state index is -0.545. The zero-order chi connectivity index (χ0) is 25.8. The molecule has 0 aliphatic rings. The number of rotatable bonds is 7. The summed E-state index contributed by atoms with van der Waals surface area (Å²) in [5.41, 5.74) is 1.16. The smallest absolute Gasteiger partial charge is 0.343 e. The number of carbonyl (C=O) groups is 1. The van der Waals surface area contributed by atoms with Gasteiger partial charge in [-0.05, 0) is 79.2 Å². The average Bonchev–Trinajstić information content (AvgIpc) is 3.45. The van der Waals surface area contributed by atoms with Crippen molar-refractivity contribution in [1.82, 2.24) is 9.66 Å². The van der Waals surface area contributed by atoms with Gasteiger partial charge in [-0.15, -0.1) is 0 Å². The van der Waals surface area contributed by atoms with Crippen LogP contribution in [0.3, 0.4) is 0 Å². The summed E-state index contributed by atoms with van der Waals surface area (Å²) in [6.07, 6.45) is 3.00. The normalized spacial score (nSPS) is 11.2. The molecule has 0 aliphatic heterocycles. The van der Waals surface area contributed by atoms with Crippen LogP contribution in [0.25, 0.3) is 22.5 Å². The van der Waals surface area contributed by atoms with Crippen LogP contribution in [0.5, 0.6) is 11.5 Å². The molecule has 184 valence electrons. The Morgan fingerprint density at radius 2 is 1.86 bits per heavy atom. The van der Waals surface area contributed by atoms with E-state index >= 15 is 0 Å². The second-order valence-electron chi connectivity index (χ2n) is 7.83. The molecule has 0 aliphatic carbocycles. The first-order chi connectivity index (χ1) is 18.0. The fourth-order valence-corrected chi connectivity index (χ4v) is 3.75. The molecule has 0 fully saturated rings. The number of benzene rings is 3. The topological polar surface area (TPSA) is 95.9 Å². The fraction of sp³-hybridized carbons (Fsp3) is 0.0714. The predicted octanol–water partition coefficient (Wildman–Crippen LogP) is 5.81. The van der Waals surface area contributed by atoms with Crippen LogP contribution in [0.15, 0.2) is 99.4 Å². The van der Waals surface area contributed by atoms with Crippen LogP contribution < -0.4 is 15.0 Å². The highest BCUT2D eigenvalue weighted by molar-refractivity contribution is 6.30. The van der Waals surface area contributed by atoms with Crippen LogP contribution in [-0.4, -0.2) is 28.5 Å². The van der Waals surface area contributed by atoms with Gasteiger partial charge in [-0.1, -0.05) is 23.7 Å². The van der Waals surface area contributed by atoms with E-state index in [9.17, 15) is 9.59 Å². The molecule has 0 unspecified atom stereocenters. The lowest BCUT2D eigenvalue weighted by Gasteiger charge is -2.11. The van der Waals surface area contributed by atoms with Crippen LogP contribution in [0, 0.1) is 0 Å². The Morgan fingerprint density at radius 1 is 1.05 bits per heavy atom. The molecule has 0 N–H and O–H groups in total. The Hall–Kier alpha value is -4.69. The van der Waals surface area contributed by atoms with E-state index in [2.05, 4.69) is 10.1 Å². The Kier molecular flexibility index (Phi) is 6.83. The zero-order valence-electron chi connectivity index (χ0n) is 19.6. The van der Waals surface area contributed by atoms with E-state index < -0.39 is 5.97 Å². The van der Waals surface area contributed by atoms with E-state index in [1.54, 1.807) is 72.8 Å². The van der Waals surface area contributed by atoms with Gasteiger partial charge in [-0.2, -0.15) is 9.78 Å². The Labute approximate surface area is 216 Å². The highest BCUT2D eigenvalue weighted by atomic mass is 35.5. The second kappa shape index (κ2) is 10.5. The van der Waals surface area contributed by atoms with Gasteiger partial charge in [0.05, 0.1) is 35.6 Å². The number of hydrogen-bond acceptors (Lipinski definition) is 7. The van der Waals surface area contributed by atoms with Crippen molar-refractivity contribution in [3.63, 3.8) is 0 Å². The van der Waals surface area contributed by atoms with Crippen molar-refractivity contribution in [2.75, 3.05) is 6.61 Å². The summed E-state index contributed by atoms with van der Waals surface area (Å²) >= 11 is 5.90. The molecule has 5 rings (SSSR count). The zero-order valence-corrected chi connectivity index (χ0v) is 20.4. The minimum absolute atomic E-state index is 0.250. The van der Waals surface area contributed by atoms with Gasteiger partial charge in [0.2, 0.25) is 5.82 Å². The molecule has 0 atom stereocenters. The number of fused-ring (bicyclic) bond motifs is 1.